The number of carbonyl (C=O) groups is 1. The lowest BCUT2D eigenvalue weighted by Crippen LogP contribution is -2.45. The van der Waals surface area contributed by atoms with Crippen molar-refractivity contribution in [3.05, 3.63) is 0 Å². The highest BCUT2D eigenvalue weighted by Gasteiger charge is 2.31. The Morgan fingerprint density at radius 3 is 1.80 bits per heavy atom. The van der Waals surface area contributed by atoms with E-state index in [1.165, 1.54) is 0 Å². The van der Waals surface area contributed by atoms with Crippen LogP contribution >= 0.6 is 0 Å². The standard InChI is InChI=1S/C16H33NO3/c1-13(19)8-17(11-15(4,5)12-18)10-14(2,3)9-16(6,7)20/h18,20H,8-12H2,1-7H3. The Morgan fingerprint density at radius 2 is 1.45 bits per heavy atom. The van der Waals surface area contributed by atoms with E-state index < -0.39 is 5.60 Å². The van der Waals surface area contributed by atoms with Crippen LogP contribution in [0.25, 0.3) is 0 Å². The number of nitrogens with zero attached hydrogens (tertiary/aromatic N) is 1. The molecule has 4 nitrogen and oxygen atoms in total. The summed E-state index contributed by atoms with van der Waals surface area (Å²) in [6.07, 6.45) is 0.661. The molecule has 0 unspecified atom stereocenters. The maximum atomic E-state index is 11.4. The van der Waals surface area contributed by atoms with Crippen LogP contribution in [-0.4, -0.2) is 52.7 Å². The summed E-state index contributed by atoms with van der Waals surface area (Å²) in [5, 5.41) is 19.4. The summed E-state index contributed by atoms with van der Waals surface area (Å²) >= 11 is 0. The molecule has 0 spiro atoms. The molecule has 120 valence electrons. The molecule has 0 rings (SSSR count). The summed E-state index contributed by atoms with van der Waals surface area (Å²) in [4.78, 5) is 13.5. The first-order chi connectivity index (χ1) is 8.76. The molecule has 0 heterocycles. The zero-order valence-corrected chi connectivity index (χ0v) is 14.3. The number of aliphatic hydroxyl groups is 2. The fraction of sp³-hybridized carbons (Fsp3) is 0.938. The van der Waals surface area contributed by atoms with Gasteiger partial charge in [-0.15, -0.1) is 0 Å². The quantitative estimate of drug-likeness (QED) is 0.681. The van der Waals surface area contributed by atoms with Crippen LogP contribution in [0.1, 0.15) is 54.9 Å². The molecule has 0 aliphatic heterocycles. The molecule has 0 aliphatic rings. The Morgan fingerprint density at radius 1 is 1.00 bits per heavy atom. The van der Waals surface area contributed by atoms with E-state index in [4.69, 9.17) is 0 Å². The number of carbonyl (C=O) groups excluding carboxylic acids is 1. The van der Waals surface area contributed by atoms with E-state index in [1.54, 1.807) is 6.92 Å². The zero-order valence-electron chi connectivity index (χ0n) is 14.3. The van der Waals surface area contributed by atoms with Gasteiger partial charge in [0.15, 0.2) is 0 Å². The molecule has 0 atom stereocenters. The zero-order chi connectivity index (χ0) is 16.2. The van der Waals surface area contributed by atoms with Gasteiger partial charge in [0.25, 0.3) is 0 Å². The molecule has 0 aromatic rings. The molecule has 20 heavy (non-hydrogen) atoms. The molecular formula is C16H33NO3. The number of ketones is 1. The van der Waals surface area contributed by atoms with Gasteiger partial charge < -0.3 is 10.2 Å². The van der Waals surface area contributed by atoms with E-state index >= 15 is 0 Å². The van der Waals surface area contributed by atoms with Crippen LogP contribution in [0.2, 0.25) is 0 Å². The third kappa shape index (κ3) is 9.45. The fourth-order valence-electron chi connectivity index (χ4n) is 2.97. The van der Waals surface area contributed by atoms with Crippen molar-refractivity contribution in [2.24, 2.45) is 10.8 Å². The Balaban J connectivity index is 4.84. The summed E-state index contributed by atoms with van der Waals surface area (Å²) in [6.45, 7) is 15.2. The number of aliphatic hydroxyl groups excluding tert-OH is 1. The van der Waals surface area contributed by atoms with Crippen LogP contribution < -0.4 is 0 Å². The van der Waals surface area contributed by atoms with Crippen LogP contribution in [0.3, 0.4) is 0 Å². The van der Waals surface area contributed by atoms with Crippen LogP contribution in [0.5, 0.6) is 0 Å². The number of rotatable bonds is 9. The lowest BCUT2D eigenvalue weighted by Gasteiger charge is -2.38. The van der Waals surface area contributed by atoms with Crippen molar-refractivity contribution in [2.75, 3.05) is 26.2 Å². The predicted molar refractivity (Wildman–Crippen MR) is 82.7 cm³/mol. The van der Waals surface area contributed by atoms with Crippen molar-refractivity contribution in [3.8, 4) is 0 Å². The van der Waals surface area contributed by atoms with Gasteiger partial charge in [0, 0.05) is 25.1 Å². The predicted octanol–water partition coefficient (Wildman–Crippen LogP) is 2.08. The Bertz CT molecular complexity index is 316. The first-order valence-electron chi connectivity index (χ1n) is 7.31. The van der Waals surface area contributed by atoms with Gasteiger partial charge in [-0.25, -0.2) is 0 Å². The fourth-order valence-corrected chi connectivity index (χ4v) is 2.97. The lowest BCUT2D eigenvalue weighted by atomic mass is 9.81. The van der Waals surface area contributed by atoms with E-state index in [0.29, 0.717) is 19.5 Å². The second-order valence-electron chi connectivity index (χ2n) is 8.32. The van der Waals surface area contributed by atoms with E-state index in [1.807, 2.05) is 27.7 Å². The minimum absolute atomic E-state index is 0.0906. The topological polar surface area (TPSA) is 60.8 Å². The van der Waals surface area contributed by atoms with Gasteiger partial charge in [-0.2, -0.15) is 0 Å². The third-order valence-electron chi connectivity index (χ3n) is 3.09. The molecule has 0 saturated heterocycles. The average molecular weight is 287 g/mol. The summed E-state index contributed by atoms with van der Waals surface area (Å²) in [5.41, 5.74) is -1.06. The first kappa shape index (κ1) is 19.6. The van der Waals surface area contributed by atoms with Gasteiger partial charge in [-0.3, -0.25) is 9.69 Å². The largest absolute Gasteiger partial charge is 0.396 e. The highest BCUT2D eigenvalue weighted by atomic mass is 16.3. The highest BCUT2D eigenvalue weighted by Crippen LogP contribution is 2.30. The molecule has 0 fully saturated rings. The van der Waals surface area contributed by atoms with Gasteiger partial charge in [0.1, 0.15) is 5.78 Å². The smallest absolute Gasteiger partial charge is 0.143 e. The van der Waals surface area contributed by atoms with Gasteiger partial charge in [-0.1, -0.05) is 27.7 Å². The van der Waals surface area contributed by atoms with E-state index in [-0.39, 0.29) is 23.2 Å². The van der Waals surface area contributed by atoms with Crippen molar-refractivity contribution < 1.29 is 15.0 Å². The molecule has 0 saturated carbocycles. The monoisotopic (exact) mass is 287 g/mol. The summed E-state index contributed by atoms with van der Waals surface area (Å²) in [7, 11) is 0. The normalized spacial score (nSPS) is 13.9. The summed E-state index contributed by atoms with van der Waals surface area (Å²) in [5.74, 6) is 0.123. The van der Waals surface area contributed by atoms with Crippen molar-refractivity contribution >= 4 is 5.78 Å². The van der Waals surface area contributed by atoms with Crippen LogP contribution in [0.4, 0.5) is 0 Å². The van der Waals surface area contributed by atoms with Gasteiger partial charge in [0.05, 0.1) is 12.1 Å². The van der Waals surface area contributed by atoms with Gasteiger partial charge in [0.2, 0.25) is 0 Å². The second-order valence-corrected chi connectivity index (χ2v) is 8.32. The first-order valence-corrected chi connectivity index (χ1v) is 7.31. The van der Waals surface area contributed by atoms with Crippen molar-refractivity contribution in [1.82, 2.24) is 4.90 Å². The number of hydrogen-bond donors (Lipinski definition) is 2. The highest BCUT2D eigenvalue weighted by molar-refractivity contribution is 5.77. The number of hydrogen-bond acceptors (Lipinski definition) is 4. The van der Waals surface area contributed by atoms with Crippen LogP contribution in [0, 0.1) is 10.8 Å². The van der Waals surface area contributed by atoms with Crippen LogP contribution in [-0.2, 0) is 4.79 Å². The summed E-state index contributed by atoms with van der Waals surface area (Å²) in [6, 6.07) is 0. The average Bonchev–Trinajstić information content (AvgIpc) is 2.10. The molecule has 0 aromatic carbocycles. The van der Waals surface area contributed by atoms with Crippen molar-refractivity contribution in [1.29, 1.82) is 0 Å². The molecule has 4 heteroatoms. The van der Waals surface area contributed by atoms with E-state index in [9.17, 15) is 15.0 Å². The van der Waals surface area contributed by atoms with E-state index in [2.05, 4.69) is 18.7 Å². The molecule has 0 bridgehead atoms. The summed E-state index contributed by atoms with van der Waals surface area (Å²) < 4.78 is 0. The minimum Gasteiger partial charge on any atom is -0.396 e. The molecule has 0 aliphatic carbocycles. The SMILES string of the molecule is CC(=O)CN(CC(C)(C)CO)CC(C)(C)CC(C)(C)O. The maximum absolute atomic E-state index is 11.4. The molecule has 0 amide bonds. The Hall–Kier alpha value is -0.450. The maximum Gasteiger partial charge on any atom is 0.143 e. The van der Waals surface area contributed by atoms with Crippen LogP contribution in [0.15, 0.2) is 0 Å². The minimum atomic E-state index is -0.724. The van der Waals surface area contributed by atoms with Crippen molar-refractivity contribution in [3.63, 3.8) is 0 Å². The number of Topliss-reactive ketones (excluding diaryl/α,β-unsaturated/α-hetero) is 1. The Labute approximate surface area is 124 Å². The third-order valence-corrected chi connectivity index (χ3v) is 3.09. The molecule has 0 radical (unpaired) electrons. The molecule has 0 aromatic heterocycles. The van der Waals surface area contributed by atoms with Crippen molar-refractivity contribution in [2.45, 2.75) is 60.5 Å². The molecule has 2 N–H and O–H groups in total. The molecular weight excluding hydrogens is 254 g/mol. The van der Waals surface area contributed by atoms with E-state index in [0.717, 1.165) is 6.54 Å². The lowest BCUT2D eigenvalue weighted by molar-refractivity contribution is -0.119. The Kier molecular flexibility index (Phi) is 6.85. The second kappa shape index (κ2) is 7.01. The van der Waals surface area contributed by atoms with Gasteiger partial charge in [-0.05, 0) is 32.6 Å². The van der Waals surface area contributed by atoms with Gasteiger partial charge >= 0.3 is 0 Å².